The third-order valence-electron chi connectivity index (χ3n) is 1.46. The summed E-state index contributed by atoms with van der Waals surface area (Å²) in [5, 5.41) is 7.45. The summed E-state index contributed by atoms with van der Waals surface area (Å²) in [6.07, 6.45) is 4.78. The molecule has 11 heavy (non-hydrogen) atoms. The highest BCUT2D eigenvalue weighted by Gasteiger charge is 2.23. The molecule has 0 saturated heterocycles. The van der Waals surface area contributed by atoms with E-state index in [1.807, 2.05) is 0 Å². The molecule has 1 aliphatic heterocycles. The van der Waals surface area contributed by atoms with Gasteiger partial charge < -0.3 is 0 Å². The molecule has 3 nitrogen and oxygen atoms in total. The van der Waals surface area contributed by atoms with Gasteiger partial charge in [0.1, 0.15) is 5.70 Å². The van der Waals surface area contributed by atoms with Crippen LogP contribution >= 0.6 is 11.6 Å². The molecule has 4 heteroatoms. The third-order valence-corrected chi connectivity index (χ3v) is 1.72. The second-order valence-electron chi connectivity index (χ2n) is 2.14. The monoisotopic (exact) mass is 166 g/mol. The van der Waals surface area contributed by atoms with Crippen LogP contribution in [0.25, 0.3) is 0 Å². The Morgan fingerprint density at radius 2 is 2.18 bits per heavy atom. The zero-order chi connectivity index (χ0) is 7.84. The molecule has 0 amide bonds. The van der Waals surface area contributed by atoms with E-state index in [-0.39, 0.29) is 10.9 Å². The van der Waals surface area contributed by atoms with E-state index in [0.29, 0.717) is 11.3 Å². The number of rotatable bonds is 0. The van der Waals surface area contributed by atoms with Crippen LogP contribution in [0.5, 0.6) is 0 Å². The summed E-state index contributed by atoms with van der Waals surface area (Å²) in [7, 11) is 0. The number of fused-ring (bicyclic) bond motifs is 1. The molecule has 0 atom stereocenters. The van der Waals surface area contributed by atoms with E-state index in [4.69, 9.17) is 11.6 Å². The topological polar surface area (TPSA) is 41.8 Å². The molecule has 0 aromatic carbocycles. The SMILES string of the molecule is O=C1C=CC=C2N=NC(Cl)=C12. The zero-order valence-electron chi connectivity index (χ0n) is 5.41. The third kappa shape index (κ3) is 0.851. The second kappa shape index (κ2) is 2.13. The molecule has 0 fully saturated rings. The van der Waals surface area contributed by atoms with Gasteiger partial charge >= 0.3 is 0 Å². The quantitative estimate of drug-likeness (QED) is 0.507. The Balaban J connectivity index is 2.61. The van der Waals surface area contributed by atoms with Crippen molar-refractivity contribution in [2.75, 3.05) is 0 Å². The molecule has 0 unspecified atom stereocenters. The molecule has 2 aliphatic rings. The molecule has 0 bridgehead atoms. The lowest BCUT2D eigenvalue weighted by atomic mass is 10.1. The summed E-state index contributed by atoms with van der Waals surface area (Å²) in [4.78, 5) is 11.1. The van der Waals surface area contributed by atoms with Crippen LogP contribution in [-0.2, 0) is 4.79 Å². The Morgan fingerprint density at radius 3 is 2.91 bits per heavy atom. The summed E-state index contributed by atoms with van der Waals surface area (Å²) < 4.78 is 0. The number of halogens is 1. The van der Waals surface area contributed by atoms with Crippen molar-refractivity contribution >= 4 is 17.4 Å². The van der Waals surface area contributed by atoms with Gasteiger partial charge in [-0.1, -0.05) is 17.7 Å². The summed E-state index contributed by atoms with van der Waals surface area (Å²) in [6.45, 7) is 0. The average Bonchev–Trinajstić information content (AvgIpc) is 2.34. The second-order valence-corrected chi connectivity index (χ2v) is 2.50. The van der Waals surface area contributed by atoms with Crippen LogP contribution in [0.3, 0.4) is 0 Å². The molecule has 0 spiro atoms. The molecular formula is C7H3ClN2O. The fourth-order valence-corrected chi connectivity index (χ4v) is 1.19. The Morgan fingerprint density at radius 1 is 1.36 bits per heavy atom. The Bertz CT molecular complexity index is 349. The minimum atomic E-state index is -0.127. The first-order valence-electron chi connectivity index (χ1n) is 3.03. The van der Waals surface area contributed by atoms with Crippen LogP contribution in [0, 0.1) is 0 Å². The maximum atomic E-state index is 11.1. The smallest absolute Gasteiger partial charge is 0.191 e. The van der Waals surface area contributed by atoms with Crippen molar-refractivity contribution in [1.82, 2.24) is 0 Å². The number of azo groups is 1. The van der Waals surface area contributed by atoms with Gasteiger partial charge in [-0.3, -0.25) is 4.79 Å². The normalized spacial score (nSPS) is 20.8. The van der Waals surface area contributed by atoms with Crippen molar-refractivity contribution in [1.29, 1.82) is 0 Å². The summed E-state index contributed by atoms with van der Waals surface area (Å²) in [5.41, 5.74) is 0.969. The van der Waals surface area contributed by atoms with Crippen LogP contribution in [0.4, 0.5) is 0 Å². The van der Waals surface area contributed by atoms with E-state index in [1.54, 1.807) is 12.2 Å². The number of nitrogens with zero attached hydrogens (tertiary/aromatic N) is 2. The Kier molecular flexibility index (Phi) is 1.26. The molecule has 0 aromatic rings. The van der Waals surface area contributed by atoms with Crippen molar-refractivity contribution in [3.63, 3.8) is 0 Å². The van der Waals surface area contributed by atoms with Crippen molar-refractivity contribution < 1.29 is 4.79 Å². The van der Waals surface area contributed by atoms with Crippen LogP contribution in [0.1, 0.15) is 0 Å². The first-order chi connectivity index (χ1) is 5.29. The van der Waals surface area contributed by atoms with Crippen molar-refractivity contribution in [2.24, 2.45) is 10.2 Å². The van der Waals surface area contributed by atoms with Gasteiger partial charge in [0.2, 0.25) is 0 Å². The van der Waals surface area contributed by atoms with Gasteiger partial charge in [0, 0.05) is 0 Å². The average molecular weight is 167 g/mol. The molecular weight excluding hydrogens is 164 g/mol. The van der Waals surface area contributed by atoms with Gasteiger partial charge in [-0.05, 0) is 12.2 Å². The summed E-state index contributed by atoms with van der Waals surface area (Å²) in [6, 6.07) is 0. The van der Waals surface area contributed by atoms with E-state index in [0.717, 1.165) is 0 Å². The number of allylic oxidation sites excluding steroid dienone is 4. The summed E-state index contributed by atoms with van der Waals surface area (Å²) >= 11 is 5.60. The molecule has 2 rings (SSSR count). The lowest BCUT2D eigenvalue weighted by Gasteiger charge is -2.00. The first kappa shape index (κ1) is 6.49. The van der Waals surface area contributed by atoms with Crippen molar-refractivity contribution in [2.45, 2.75) is 0 Å². The van der Waals surface area contributed by atoms with Gasteiger partial charge in [-0.15, -0.1) is 10.2 Å². The number of hydrogen-bond acceptors (Lipinski definition) is 3. The van der Waals surface area contributed by atoms with Crippen LogP contribution in [0.15, 0.2) is 44.9 Å². The highest BCUT2D eigenvalue weighted by Crippen LogP contribution is 2.30. The first-order valence-corrected chi connectivity index (χ1v) is 3.41. The minimum Gasteiger partial charge on any atom is -0.289 e. The number of carbonyl (C=O) groups excluding carboxylic acids is 1. The van der Waals surface area contributed by atoms with E-state index in [1.165, 1.54) is 6.08 Å². The minimum absolute atomic E-state index is 0.127. The maximum absolute atomic E-state index is 11.1. The van der Waals surface area contributed by atoms with Crippen LogP contribution < -0.4 is 0 Å². The zero-order valence-corrected chi connectivity index (χ0v) is 6.17. The van der Waals surface area contributed by atoms with Crippen molar-refractivity contribution in [3.05, 3.63) is 34.7 Å². The number of ketones is 1. The maximum Gasteiger partial charge on any atom is 0.191 e. The van der Waals surface area contributed by atoms with Gasteiger partial charge in [0.25, 0.3) is 0 Å². The molecule has 0 aromatic heterocycles. The molecule has 0 saturated carbocycles. The Labute approximate surface area is 67.8 Å². The van der Waals surface area contributed by atoms with Crippen LogP contribution in [0.2, 0.25) is 0 Å². The van der Waals surface area contributed by atoms with E-state index in [2.05, 4.69) is 10.2 Å². The predicted molar refractivity (Wildman–Crippen MR) is 40.0 cm³/mol. The molecule has 0 N–H and O–H groups in total. The molecule has 0 radical (unpaired) electrons. The highest BCUT2D eigenvalue weighted by atomic mass is 35.5. The van der Waals surface area contributed by atoms with Crippen LogP contribution in [-0.4, -0.2) is 5.78 Å². The standard InChI is InChI=1S/C7H3ClN2O/c8-7-6-4(9-10-7)2-1-3-5(6)11/h1-3H. The van der Waals surface area contributed by atoms with E-state index >= 15 is 0 Å². The van der Waals surface area contributed by atoms with Gasteiger partial charge in [0.05, 0.1) is 5.57 Å². The van der Waals surface area contributed by atoms with Gasteiger partial charge in [-0.2, -0.15) is 0 Å². The van der Waals surface area contributed by atoms with Crippen molar-refractivity contribution in [3.8, 4) is 0 Å². The Hall–Kier alpha value is -1.22. The molecule has 54 valence electrons. The lowest BCUT2D eigenvalue weighted by Crippen LogP contribution is -2.02. The van der Waals surface area contributed by atoms with E-state index < -0.39 is 0 Å². The number of hydrogen-bond donors (Lipinski definition) is 0. The van der Waals surface area contributed by atoms with E-state index in [9.17, 15) is 4.79 Å². The van der Waals surface area contributed by atoms with Gasteiger partial charge in [0.15, 0.2) is 10.9 Å². The fraction of sp³-hybridized carbons (Fsp3) is 0. The predicted octanol–water partition coefficient (Wildman–Crippen LogP) is 1.93. The lowest BCUT2D eigenvalue weighted by molar-refractivity contribution is -0.111. The number of carbonyl (C=O) groups is 1. The summed E-state index contributed by atoms with van der Waals surface area (Å²) in [5.74, 6) is -0.127. The highest BCUT2D eigenvalue weighted by molar-refractivity contribution is 6.33. The molecule has 1 aliphatic carbocycles. The molecule has 1 heterocycles. The fourth-order valence-electron chi connectivity index (χ4n) is 0.958. The van der Waals surface area contributed by atoms with Gasteiger partial charge in [-0.25, -0.2) is 0 Å². The largest absolute Gasteiger partial charge is 0.289 e.